The zero-order chi connectivity index (χ0) is 24.6. The number of nitrogens with zero attached hydrogens (tertiary/aromatic N) is 2. The first-order chi connectivity index (χ1) is 16.0. The molecule has 0 saturated heterocycles. The number of rotatable bonds is 4. The molecule has 3 amide bonds. The van der Waals surface area contributed by atoms with Gasteiger partial charge < -0.3 is 14.8 Å². The van der Waals surface area contributed by atoms with Crippen molar-refractivity contribution in [2.24, 2.45) is 0 Å². The van der Waals surface area contributed by atoms with Crippen molar-refractivity contribution in [3.05, 3.63) is 48.0 Å². The van der Waals surface area contributed by atoms with Gasteiger partial charge in [-0.05, 0) is 37.3 Å². The second kappa shape index (κ2) is 8.69. The lowest BCUT2D eigenvalue weighted by Gasteiger charge is -2.32. The third-order valence-electron chi connectivity index (χ3n) is 5.21. The number of carbonyl (C=O) groups is 4. The summed E-state index contributed by atoms with van der Waals surface area (Å²) >= 11 is 0. The van der Waals surface area contributed by atoms with Crippen LogP contribution in [0.1, 0.15) is 12.5 Å². The monoisotopic (exact) mass is 477 g/mol. The van der Waals surface area contributed by atoms with E-state index in [9.17, 15) is 32.3 Å². The van der Waals surface area contributed by atoms with Crippen LogP contribution in [0.5, 0.6) is 5.75 Å². The highest BCUT2D eigenvalue weighted by molar-refractivity contribution is 6.11. The standard InChI is InChI=1S/C22H18F3N3O6/c1-12(34-20(31)10-27-16-4-2-3-5-17(16)33-11-19(27)30)21(32)28-9-18(29)26-14-8-13(22(23,24)25)6-7-15(14)28/h2-8,12H,9-11H2,1H3,(H,26,29). The van der Waals surface area contributed by atoms with Crippen molar-refractivity contribution in [1.29, 1.82) is 0 Å². The Morgan fingerprint density at radius 2 is 1.88 bits per heavy atom. The summed E-state index contributed by atoms with van der Waals surface area (Å²) in [5, 5.41) is 2.31. The minimum absolute atomic E-state index is 0.0396. The van der Waals surface area contributed by atoms with E-state index in [1.165, 1.54) is 11.8 Å². The fourth-order valence-electron chi connectivity index (χ4n) is 3.62. The van der Waals surface area contributed by atoms with Crippen molar-refractivity contribution in [2.45, 2.75) is 19.2 Å². The number of hydrogen-bond donors (Lipinski definition) is 1. The molecule has 0 saturated carbocycles. The number of hydrogen-bond acceptors (Lipinski definition) is 6. The van der Waals surface area contributed by atoms with Crippen LogP contribution in [-0.4, -0.2) is 49.5 Å². The van der Waals surface area contributed by atoms with E-state index in [4.69, 9.17) is 9.47 Å². The topological polar surface area (TPSA) is 105 Å². The number of esters is 1. The molecule has 2 aliphatic rings. The number of benzene rings is 2. The predicted octanol–water partition coefficient (Wildman–Crippen LogP) is 2.35. The van der Waals surface area contributed by atoms with Crippen LogP contribution in [0.2, 0.25) is 0 Å². The van der Waals surface area contributed by atoms with Gasteiger partial charge in [0.05, 0.1) is 22.6 Å². The van der Waals surface area contributed by atoms with Crippen LogP contribution >= 0.6 is 0 Å². The summed E-state index contributed by atoms with van der Waals surface area (Å²) < 4.78 is 49.5. The smallest absolute Gasteiger partial charge is 0.416 e. The molecule has 2 aromatic rings. The Morgan fingerprint density at radius 1 is 1.15 bits per heavy atom. The lowest BCUT2D eigenvalue weighted by molar-refractivity contribution is -0.153. The molecule has 0 spiro atoms. The molecule has 1 atom stereocenters. The molecule has 2 aromatic carbocycles. The summed E-state index contributed by atoms with van der Waals surface area (Å²) in [4.78, 5) is 51.8. The molecular formula is C22H18F3N3O6. The molecule has 0 aromatic heterocycles. The fourth-order valence-corrected chi connectivity index (χ4v) is 3.62. The van der Waals surface area contributed by atoms with Gasteiger partial charge in [-0.2, -0.15) is 13.2 Å². The van der Waals surface area contributed by atoms with Gasteiger partial charge in [-0.1, -0.05) is 12.1 Å². The predicted molar refractivity (Wildman–Crippen MR) is 112 cm³/mol. The van der Waals surface area contributed by atoms with Gasteiger partial charge >= 0.3 is 12.1 Å². The van der Waals surface area contributed by atoms with Crippen molar-refractivity contribution in [2.75, 3.05) is 34.8 Å². The number of ether oxygens (including phenoxy) is 2. The SMILES string of the molecule is CC(OC(=O)CN1C(=O)COc2ccccc21)C(=O)N1CC(=O)Nc2cc(C(F)(F)F)ccc21. The Balaban J connectivity index is 1.48. The minimum Gasteiger partial charge on any atom is -0.482 e. The second-order valence-electron chi connectivity index (χ2n) is 7.57. The molecule has 0 bridgehead atoms. The van der Waals surface area contributed by atoms with Crippen molar-refractivity contribution >= 4 is 40.8 Å². The number of halogens is 3. The first-order valence-electron chi connectivity index (χ1n) is 10.1. The van der Waals surface area contributed by atoms with Gasteiger partial charge in [-0.25, -0.2) is 0 Å². The highest BCUT2D eigenvalue weighted by atomic mass is 19.4. The third-order valence-corrected chi connectivity index (χ3v) is 5.21. The largest absolute Gasteiger partial charge is 0.482 e. The van der Waals surface area contributed by atoms with E-state index < -0.39 is 54.6 Å². The van der Waals surface area contributed by atoms with Gasteiger partial charge in [0.15, 0.2) is 12.7 Å². The number of amides is 3. The van der Waals surface area contributed by atoms with Crippen LogP contribution in [0.25, 0.3) is 0 Å². The molecule has 2 aliphatic heterocycles. The molecule has 2 heterocycles. The van der Waals surface area contributed by atoms with Gasteiger partial charge in [0.25, 0.3) is 11.8 Å². The van der Waals surface area contributed by atoms with E-state index in [-0.39, 0.29) is 18.0 Å². The van der Waals surface area contributed by atoms with Gasteiger partial charge in [0, 0.05) is 0 Å². The minimum atomic E-state index is -4.63. The van der Waals surface area contributed by atoms with Gasteiger partial charge in [-0.3, -0.25) is 29.0 Å². The maximum Gasteiger partial charge on any atom is 0.416 e. The normalized spacial score (nSPS) is 16.1. The van der Waals surface area contributed by atoms with Crippen LogP contribution < -0.4 is 19.9 Å². The lowest BCUT2D eigenvalue weighted by atomic mass is 10.1. The van der Waals surface area contributed by atoms with E-state index in [1.54, 1.807) is 24.3 Å². The lowest BCUT2D eigenvalue weighted by Crippen LogP contribution is -2.48. The van der Waals surface area contributed by atoms with Gasteiger partial charge in [0.2, 0.25) is 5.91 Å². The summed E-state index contributed by atoms with van der Waals surface area (Å²) in [6.07, 6.45) is -6.01. The molecule has 4 rings (SSSR count). The molecule has 1 N–H and O–H groups in total. The van der Waals surface area contributed by atoms with Gasteiger partial charge in [0.1, 0.15) is 18.8 Å². The number of para-hydroxylation sites is 2. The Labute approximate surface area is 191 Å². The molecule has 12 heteroatoms. The first-order valence-corrected chi connectivity index (χ1v) is 10.1. The summed E-state index contributed by atoms with van der Waals surface area (Å²) in [5.74, 6) is -2.46. The van der Waals surface area contributed by atoms with Crippen LogP contribution in [0.4, 0.5) is 30.2 Å². The number of nitrogens with one attached hydrogen (secondary N) is 1. The van der Waals surface area contributed by atoms with E-state index >= 15 is 0 Å². The Hall–Kier alpha value is -4.09. The van der Waals surface area contributed by atoms with Crippen molar-refractivity contribution in [1.82, 2.24) is 0 Å². The maximum atomic E-state index is 13.0. The van der Waals surface area contributed by atoms with Crippen molar-refractivity contribution < 1.29 is 41.8 Å². The number of fused-ring (bicyclic) bond motifs is 2. The molecule has 1 unspecified atom stereocenters. The van der Waals surface area contributed by atoms with E-state index in [1.807, 2.05) is 0 Å². The summed E-state index contributed by atoms with van der Waals surface area (Å²) in [6.45, 7) is 0.0567. The summed E-state index contributed by atoms with van der Waals surface area (Å²) in [6, 6.07) is 9.17. The van der Waals surface area contributed by atoms with Crippen molar-refractivity contribution in [3.63, 3.8) is 0 Å². The first kappa shape index (κ1) is 23.1. The molecule has 0 radical (unpaired) electrons. The average Bonchev–Trinajstić information content (AvgIpc) is 2.78. The zero-order valence-corrected chi connectivity index (χ0v) is 17.7. The van der Waals surface area contributed by atoms with Crippen LogP contribution in [0, 0.1) is 0 Å². The molecule has 178 valence electrons. The Kier molecular flexibility index (Phi) is 5.90. The molecule has 0 fully saturated rings. The van der Waals surface area contributed by atoms with Crippen LogP contribution in [-0.2, 0) is 30.1 Å². The van der Waals surface area contributed by atoms with Crippen LogP contribution in [0.15, 0.2) is 42.5 Å². The highest BCUT2D eigenvalue weighted by Gasteiger charge is 2.36. The number of alkyl halides is 3. The van der Waals surface area contributed by atoms with E-state index in [0.717, 1.165) is 23.1 Å². The Morgan fingerprint density at radius 3 is 2.62 bits per heavy atom. The zero-order valence-electron chi connectivity index (χ0n) is 17.7. The van der Waals surface area contributed by atoms with Crippen molar-refractivity contribution in [3.8, 4) is 5.75 Å². The van der Waals surface area contributed by atoms with E-state index in [2.05, 4.69) is 5.32 Å². The van der Waals surface area contributed by atoms with Crippen LogP contribution in [0.3, 0.4) is 0 Å². The summed E-state index contributed by atoms with van der Waals surface area (Å²) in [7, 11) is 0. The van der Waals surface area contributed by atoms with Gasteiger partial charge in [-0.15, -0.1) is 0 Å². The second-order valence-corrected chi connectivity index (χ2v) is 7.57. The molecule has 34 heavy (non-hydrogen) atoms. The molecule has 0 aliphatic carbocycles. The fraction of sp³-hybridized carbons (Fsp3) is 0.273. The highest BCUT2D eigenvalue weighted by Crippen LogP contribution is 2.37. The average molecular weight is 477 g/mol. The maximum absolute atomic E-state index is 13.0. The third kappa shape index (κ3) is 4.51. The Bertz CT molecular complexity index is 1180. The molecule has 9 nitrogen and oxygen atoms in total. The molecular weight excluding hydrogens is 459 g/mol. The summed E-state index contributed by atoms with van der Waals surface area (Å²) in [5.41, 5.74) is -0.765. The van der Waals surface area contributed by atoms with E-state index in [0.29, 0.717) is 11.4 Å². The quantitative estimate of drug-likeness (QED) is 0.678. The number of anilines is 3. The number of carbonyl (C=O) groups excluding carboxylic acids is 4.